The molecule has 2 heterocycles. The minimum absolute atomic E-state index is 0.00553. The summed E-state index contributed by atoms with van der Waals surface area (Å²) in [6, 6.07) is 10.7. The average Bonchev–Trinajstić information content (AvgIpc) is 3.54. The van der Waals surface area contributed by atoms with Crippen LogP contribution in [0.1, 0.15) is 81.3 Å². The highest BCUT2D eigenvalue weighted by molar-refractivity contribution is 5.89. The van der Waals surface area contributed by atoms with Gasteiger partial charge in [0.1, 0.15) is 6.10 Å². The molecule has 0 radical (unpaired) electrons. The third kappa shape index (κ3) is 5.73. The summed E-state index contributed by atoms with van der Waals surface area (Å²) in [6.45, 7) is 6.53. The molecule has 188 valence electrons. The predicted molar refractivity (Wildman–Crippen MR) is 131 cm³/mol. The lowest BCUT2D eigenvalue weighted by atomic mass is 9.82. The largest absolute Gasteiger partial charge is 0.472 e. The number of aromatic amines is 1. The van der Waals surface area contributed by atoms with Gasteiger partial charge in [-0.25, -0.2) is 9.89 Å². The molecule has 2 N–H and O–H groups in total. The molecule has 0 aliphatic heterocycles. The van der Waals surface area contributed by atoms with Crippen molar-refractivity contribution in [3.63, 3.8) is 0 Å². The quantitative estimate of drug-likeness (QED) is 0.410. The second-order valence-corrected chi connectivity index (χ2v) is 9.23. The number of hydrogen-bond donors (Lipinski definition) is 2. The maximum Gasteiger partial charge on any atom is 0.362 e. The zero-order chi connectivity index (χ0) is 24.8. The second-order valence-electron chi connectivity index (χ2n) is 9.23. The number of aliphatic hydroxyl groups is 1. The van der Waals surface area contributed by atoms with E-state index >= 15 is 0 Å². The van der Waals surface area contributed by atoms with Gasteiger partial charge >= 0.3 is 5.97 Å². The van der Waals surface area contributed by atoms with Crippen LogP contribution in [-0.2, 0) is 11.3 Å². The molecule has 35 heavy (non-hydrogen) atoms. The Labute approximate surface area is 205 Å². The van der Waals surface area contributed by atoms with E-state index in [2.05, 4.69) is 44.8 Å². The summed E-state index contributed by atoms with van der Waals surface area (Å²) >= 11 is 0. The Hall–Kier alpha value is -3.20. The van der Waals surface area contributed by atoms with Gasteiger partial charge < -0.3 is 14.6 Å². The van der Waals surface area contributed by atoms with E-state index in [1.165, 1.54) is 5.56 Å². The van der Waals surface area contributed by atoms with Gasteiger partial charge in [0.25, 0.3) is 5.88 Å². The second kappa shape index (κ2) is 11.0. The highest BCUT2D eigenvalue weighted by Gasteiger charge is 2.27. The number of aromatic nitrogens is 5. The summed E-state index contributed by atoms with van der Waals surface area (Å²) in [7, 11) is 0. The minimum Gasteiger partial charge on any atom is -0.472 e. The van der Waals surface area contributed by atoms with Gasteiger partial charge in [0.05, 0.1) is 24.4 Å². The van der Waals surface area contributed by atoms with Gasteiger partial charge in [0.15, 0.2) is 0 Å². The van der Waals surface area contributed by atoms with Crippen LogP contribution in [-0.4, -0.2) is 54.6 Å². The molecule has 2 aromatic heterocycles. The van der Waals surface area contributed by atoms with Crippen LogP contribution >= 0.6 is 0 Å². The lowest BCUT2D eigenvalue weighted by Gasteiger charge is -2.29. The van der Waals surface area contributed by atoms with Crippen LogP contribution in [0.5, 0.6) is 5.88 Å². The van der Waals surface area contributed by atoms with E-state index < -0.39 is 11.6 Å². The van der Waals surface area contributed by atoms with E-state index in [0.29, 0.717) is 25.3 Å². The van der Waals surface area contributed by atoms with Crippen LogP contribution in [0.2, 0.25) is 0 Å². The molecule has 9 heteroatoms. The first-order valence-corrected chi connectivity index (χ1v) is 12.6. The van der Waals surface area contributed by atoms with Crippen molar-refractivity contribution in [2.24, 2.45) is 0 Å². The average molecular weight is 482 g/mol. The van der Waals surface area contributed by atoms with Crippen molar-refractivity contribution >= 4 is 5.97 Å². The molecule has 9 nitrogen and oxygen atoms in total. The van der Waals surface area contributed by atoms with Crippen LogP contribution in [0.15, 0.2) is 36.5 Å². The number of carbonyl (C=O) groups is 1. The number of nitrogens with zero attached hydrogens (tertiary/aromatic N) is 4. The molecule has 0 unspecified atom stereocenters. The van der Waals surface area contributed by atoms with Gasteiger partial charge in [-0.15, -0.1) is 0 Å². The molecule has 4 rings (SSSR count). The van der Waals surface area contributed by atoms with Crippen molar-refractivity contribution in [2.45, 2.75) is 83.5 Å². The first-order chi connectivity index (χ1) is 17.0. The zero-order valence-electron chi connectivity index (χ0n) is 20.7. The highest BCUT2D eigenvalue weighted by atomic mass is 16.5. The smallest absolute Gasteiger partial charge is 0.362 e. The fourth-order valence-corrected chi connectivity index (χ4v) is 4.69. The highest BCUT2D eigenvalue weighted by Crippen LogP contribution is 2.35. The molecule has 0 spiro atoms. The van der Waals surface area contributed by atoms with E-state index in [4.69, 9.17) is 9.47 Å². The van der Waals surface area contributed by atoms with Gasteiger partial charge in [0.2, 0.25) is 5.69 Å². The predicted octanol–water partition coefficient (Wildman–Crippen LogP) is 4.50. The molecule has 3 aromatic rings. The van der Waals surface area contributed by atoms with E-state index in [1.54, 1.807) is 13.1 Å². The molecule has 1 fully saturated rings. The summed E-state index contributed by atoms with van der Waals surface area (Å²) in [5.74, 6) is 0.170. The Morgan fingerprint density at radius 3 is 2.49 bits per heavy atom. The number of rotatable bonds is 10. The molecule has 0 bridgehead atoms. The third-order valence-electron chi connectivity index (χ3n) is 7.10. The summed E-state index contributed by atoms with van der Waals surface area (Å²) in [4.78, 5) is 12.0. The lowest BCUT2D eigenvalue weighted by molar-refractivity contribution is 0.0123. The first-order valence-electron chi connectivity index (χ1n) is 12.6. The number of hydrogen-bond acceptors (Lipinski definition) is 7. The standard InChI is InChI=1S/C26H35N5O4/c1-4-26(33,5-2)17-31-22(15-16-27-31)20-9-7-18(8-10-20)19-11-13-21(14-12-19)35-24-23(28-30-29-24)25(32)34-6-3/h7-10,15-16,19,21,33H,4-6,11-14,17H2,1-3H3,(H,28,29,30)/t19-,21-. The monoisotopic (exact) mass is 481 g/mol. The molecule has 0 saturated heterocycles. The lowest BCUT2D eigenvalue weighted by Crippen LogP contribution is -2.33. The van der Waals surface area contributed by atoms with E-state index in [0.717, 1.165) is 36.9 Å². The van der Waals surface area contributed by atoms with E-state index in [-0.39, 0.29) is 24.3 Å². The van der Waals surface area contributed by atoms with Crippen LogP contribution < -0.4 is 4.74 Å². The van der Waals surface area contributed by atoms with Crippen LogP contribution in [0.4, 0.5) is 0 Å². The Balaban J connectivity index is 1.36. The summed E-state index contributed by atoms with van der Waals surface area (Å²) in [5.41, 5.74) is 2.84. The van der Waals surface area contributed by atoms with Gasteiger partial charge in [-0.2, -0.15) is 5.10 Å². The normalized spacial score (nSPS) is 18.4. The molecule has 1 aromatic carbocycles. The Morgan fingerprint density at radius 2 is 1.83 bits per heavy atom. The maximum absolute atomic E-state index is 12.0. The zero-order valence-corrected chi connectivity index (χ0v) is 20.7. The minimum atomic E-state index is -0.746. The number of carbonyl (C=O) groups excluding carboxylic acids is 1. The van der Waals surface area contributed by atoms with Crippen molar-refractivity contribution in [2.75, 3.05) is 6.61 Å². The van der Waals surface area contributed by atoms with Gasteiger partial charge in [0, 0.05) is 6.20 Å². The third-order valence-corrected chi connectivity index (χ3v) is 7.10. The fraction of sp³-hybridized carbons (Fsp3) is 0.538. The molecule has 1 saturated carbocycles. The fourth-order valence-electron chi connectivity index (χ4n) is 4.69. The molecule has 0 atom stereocenters. The van der Waals surface area contributed by atoms with Crippen molar-refractivity contribution < 1.29 is 19.4 Å². The molecule has 1 aliphatic rings. The van der Waals surface area contributed by atoms with Gasteiger partial charge in [-0.1, -0.05) is 48.4 Å². The number of esters is 1. The Morgan fingerprint density at radius 1 is 1.11 bits per heavy atom. The van der Waals surface area contributed by atoms with E-state index in [1.807, 2.05) is 24.6 Å². The Bertz CT molecular complexity index is 1100. The summed E-state index contributed by atoms with van der Waals surface area (Å²) in [6.07, 6.45) is 6.90. The summed E-state index contributed by atoms with van der Waals surface area (Å²) in [5, 5.41) is 25.4. The van der Waals surface area contributed by atoms with E-state index in [9.17, 15) is 9.90 Å². The summed E-state index contributed by atoms with van der Waals surface area (Å²) < 4.78 is 12.9. The Kier molecular flexibility index (Phi) is 7.85. The van der Waals surface area contributed by atoms with Crippen molar-refractivity contribution in [3.8, 4) is 17.1 Å². The number of ether oxygens (including phenoxy) is 2. The van der Waals surface area contributed by atoms with Crippen LogP contribution in [0, 0.1) is 0 Å². The number of nitrogens with one attached hydrogen (secondary N) is 1. The van der Waals surface area contributed by atoms with Gasteiger partial charge in [-0.3, -0.25) is 4.68 Å². The van der Waals surface area contributed by atoms with Gasteiger partial charge in [-0.05, 0) is 68.6 Å². The molecular weight excluding hydrogens is 446 g/mol. The molecule has 0 amide bonds. The number of H-pyrrole nitrogens is 1. The first kappa shape index (κ1) is 24.9. The SMILES string of the molecule is CCOC(=O)c1[nH]nnc1O[C@H]1CC[C@H](c2ccc(-c3ccnn3CC(O)(CC)CC)cc2)CC1. The molecular formula is C26H35N5O4. The van der Waals surface area contributed by atoms with Crippen molar-refractivity contribution in [1.29, 1.82) is 0 Å². The maximum atomic E-state index is 12.0. The van der Waals surface area contributed by atoms with Crippen molar-refractivity contribution in [3.05, 3.63) is 47.8 Å². The number of benzene rings is 1. The molecule has 1 aliphatic carbocycles. The topological polar surface area (TPSA) is 115 Å². The van der Waals surface area contributed by atoms with Crippen LogP contribution in [0.3, 0.4) is 0 Å². The van der Waals surface area contributed by atoms with Crippen molar-refractivity contribution in [1.82, 2.24) is 25.2 Å². The van der Waals surface area contributed by atoms with Crippen LogP contribution in [0.25, 0.3) is 11.3 Å².